The van der Waals surface area contributed by atoms with E-state index in [-0.39, 0.29) is 38.2 Å². The molecule has 1 saturated carbocycles. The van der Waals surface area contributed by atoms with Crippen molar-refractivity contribution < 1.29 is 33.0 Å². The fourth-order valence-electron chi connectivity index (χ4n) is 4.70. The molecule has 2 aromatic carbocycles. The van der Waals surface area contributed by atoms with Crippen LogP contribution in [-0.2, 0) is 14.3 Å². The fraction of sp³-hybridized carbons (Fsp3) is 0.400. The second-order valence-electron chi connectivity index (χ2n) is 8.67. The number of carbonyl (C=O) groups is 3. The molecule has 2 aromatic rings. The van der Waals surface area contributed by atoms with Crippen LogP contribution in [0.4, 0.5) is 13.6 Å². The Hall–Kier alpha value is -3.49. The second-order valence-corrected chi connectivity index (χ2v) is 8.67. The molecule has 3 N–H and O–H groups in total. The summed E-state index contributed by atoms with van der Waals surface area (Å²) < 4.78 is 33.3. The average molecular weight is 472 g/mol. The Morgan fingerprint density at radius 1 is 1.06 bits per heavy atom. The van der Waals surface area contributed by atoms with Gasteiger partial charge in [-0.1, -0.05) is 48.5 Å². The van der Waals surface area contributed by atoms with Crippen LogP contribution < -0.4 is 10.6 Å². The smallest absolute Gasteiger partial charge is 0.407 e. The van der Waals surface area contributed by atoms with Gasteiger partial charge in [-0.3, -0.25) is 9.59 Å². The molecule has 2 atom stereocenters. The number of amides is 2. The molecule has 34 heavy (non-hydrogen) atoms. The molecule has 180 valence electrons. The highest BCUT2D eigenvalue weighted by Gasteiger charge is 2.45. The van der Waals surface area contributed by atoms with Gasteiger partial charge in [0.05, 0.1) is 6.04 Å². The number of ether oxygens (including phenoxy) is 1. The largest absolute Gasteiger partial charge is 0.481 e. The molecule has 0 radical (unpaired) electrons. The number of rotatable bonds is 8. The molecule has 2 aliphatic rings. The maximum Gasteiger partial charge on any atom is 0.407 e. The number of alkyl carbamates (subject to hydrolysis) is 1. The summed E-state index contributed by atoms with van der Waals surface area (Å²) in [6, 6.07) is 13.0. The molecule has 4 rings (SSSR count). The van der Waals surface area contributed by atoms with E-state index in [1.54, 1.807) is 0 Å². The summed E-state index contributed by atoms with van der Waals surface area (Å²) >= 11 is 0. The van der Waals surface area contributed by atoms with Crippen molar-refractivity contribution in [2.24, 2.45) is 0 Å². The van der Waals surface area contributed by atoms with E-state index in [4.69, 9.17) is 9.84 Å². The van der Waals surface area contributed by atoms with Gasteiger partial charge in [-0.05, 0) is 41.5 Å². The lowest BCUT2D eigenvalue weighted by molar-refractivity contribution is -0.137. The maximum absolute atomic E-state index is 13.9. The number of carbonyl (C=O) groups excluding carboxylic acids is 2. The second kappa shape index (κ2) is 9.79. The van der Waals surface area contributed by atoms with Crippen LogP contribution in [0.2, 0.25) is 0 Å². The van der Waals surface area contributed by atoms with Crippen LogP contribution in [0.1, 0.15) is 49.1 Å². The van der Waals surface area contributed by atoms with Gasteiger partial charge in [0.15, 0.2) is 0 Å². The standard InChI is InChI=1S/C25H26F2N2O5/c26-25(27)13-5-10-21(25)29-23(32)20(11-12-22(30)31)28-24(33)34-14-19-17-8-3-1-6-15(17)16-7-2-4-9-18(16)19/h1-4,6-9,19-21H,5,10-14H2,(H,28,33)(H,29,32)(H,30,31). The first-order valence-corrected chi connectivity index (χ1v) is 11.3. The summed E-state index contributed by atoms with van der Waals surface area (Å²) in [4.78, 5) is 36.2. The molecule has 0 spiro atoms. The van der Waals surface area contributed by atoms with E-state index in [9.17, 15) is 23.2 Å². The van der Waals surface area contributed by atoms with E-state index < -0.39 is 42.4 Å². The zero-order chi connectivity index (χ0) is 24.3. The molecule has 1 fully saturated rings. The number of benzene rings is 2. The summed E-state index contributed by atoms with van der Waals surface area (Å²) in [5.74, 6) is -5.24. The molecular formula is C25H26F2N2O5. The van der Waals surface area contributed by atoms with Crippen LogP contribution >= 0.6 is 0 Å². The Balaban J connectivity index is 1.41. The zero-order valence-corrected chi connectivity index (χ0v) is 18.4. The van der Waals surface area contributed by atoms with Crippen molar-refractivity contribution in [1.82, 2.24) is 10.6 Å². The van der Waals surface area contributed by atoms with Crippen molar-refractivity contribution in [3.8, 4) is 11.1 Å². The van der Waals surface area contributed by atoms with Gasteiger partial charge in [0.2, 0.25) is 5.91 Å². The summed E-state index contributed by atoms with van der Waals surface area (Å²) in [5, 5.41) is 13.6. The summed E-state index contributed by atoms with van der Waals surface area (Å²) in [6.45, 7) is 0.00776. The highest BCUT2D eigenvalue weighted by Crippen LogP contribution is 2.44. The van der Waals surface area contributed by atoms with E-state index in [0.717, 1.165) is 22.3 Å². The zero-order valence-electron chi connectivity index (χ0n) is 18.4. The van der Waals surface area contributed by atoms with Gasteiger partial charge in [0.1, 0.15) is 12.6 Å². The predicted molar refractivity (Wildman–Crippen MR) is 120 cm³/mol. The summed E-state index contributed by atoms with van der Waals surface area (Å²) in [5.41, 5.74) is 4.15. The van der Waals surface area contributed by atoms with E-state index >= 15 is 0 Å². The first-order chi connectivity index (χ1) is 16.3. The lowest BCUT2D eigenvalue weighted by Crippen LogP contribution is -2.53. The van der Waals surface area contributed by atoms with Gasteiger partial charge >= 0.3 is 12.1 Å². The minimum Gasteiger partial charge on any atom is -0.481 e. The molecule has 0 aliphatic heterocycles. The first kappa shape index (κ1) is 23.7. The van der Waals surface area contributed by atoms with Crippen LogP contribution in [0, 0.1) is 0 Å². The number of carboxylic acid groups (broad SMARTS) is 1. The van der Waals surface area contributed by atoms with Crippen molar-refractivity contribution in [3.05, 3.63) is 59.7 Å². The van der Waals surface area contributed by atoms with Gasteiger partial charge in [-0.15, -0.1) is 0 Å². The maximum atomic E-state index is 13.9. The predicted octanol–water partition coefficient (Wildman–Crippen LogP) is 4.06. The summed E-state index contributed by atoms with van der Waals surface area (Å²) in [7, 11) is 0. The third kappa shape index (κ3) is 5.03. The molecule has 2 unspecified atom stereocenters. The lowest BCUT2D eigenvalue weighted by atomic mass is 9.98. The van der Waals surface area contributed by atoms with Crippen molar-refractivity contribution in [1.29, 1.82) is 0 Å². The van der Waals surface area contributed by atoms with Crippen molar-refractivity contribution in [3.63, 3.8) is 0 Å². The average Bonchev–Trinajstić information content (AvgIpc) is 3.31. The Kier molecular flexibility index (Phi) is 6.81. The molecule has 2 aliphatic carbocycles. The molecule has 0 bridgehead atoms. The number of aliphatic carboxylic acids is 1. The summed E-state index contributed by atoms with van der Waals surface area (Å²) in [6.07, 6.45) is -1.50. The van der Waals surface area contributed by atoms with E-state index in [1.807, 2.05) is 48.5 Å². The van der Waals surface area contributed by atoms with Gasteiger partial charge in [0.25, 0.3) is 5.92 Å². The van der Waals surface area contributed by atoms with E-state index in [0.29, 0.717) is 0 Å². The Labute approximate surface area is 195 Å². The third-order valence-electron chi connectivity index (χ3n) is 6.43. The monoisotopic (exact) mass is 472 g/mol. The number of halogens is 2. The van der Waals surface area contributed by atoms with Crippen molar-refractivity contribution >= 4 is 18.0 Å². The third-order valence-corrected chi connectivity index (χ3v) is 6.43. The molecule has 0 aromatic heterocycles. The minimum absolute atomic E-state index is 0.00776. The topological polar surface area (TPSA) is 105 Å². The number of nitrogens with one attached hydrogen (secondary N) is 2. The Morgan fingerprint density at radius 3 is 2.24 bits per heavy atom. The number of alkyl halides is 2. The molecule has 0 heterocycles. The number of hydrogen-bond donors (Lipinski definition) is 3. The highest BCUT2D eigenvalue weighted by molar-refractivity contribution is 5.86. The van der Waals surface area contributed by atoms with Crippen LogP contribution in [-0.4, -0.2) is 47.7 Å². The van der Waals surface area contributed by atoms with Crippen LogP contribution in [0.15, 0.2) is 48.5 Å². The molecule has 0 saturated heterocycles. The van der Waals surface area contributed by atoms with E-state index in [2.05, 4.69) is 10.6 Å². The molecule has 2 amide bonds. The minimum atomic E-state index is -3.03. The highest BCUT2D eigenvalue weighted by atomic mass is 19.3. The van der Waals surface area contributed by atoms with Crippen molar-refractivity contribution in [2.45, 2.75) is 56.0 Å². The fourth-order valence-corrected chi connectivity index (χ4v) is 4.70. The molecule has 9 heteroatoms. The quantitative estimate of drug-likeness (QED) is 0.538. The number of carboxylic acids is 1. The van der Waals surface area contributed by atoms with Gasteiger partial charge in [-0.2, -0.15) is 0 Å². The lowest BCUT2D eigenvalue weighted by Gasteiger charge is -2.24. The first-order valence-electron chi connectivity index (χ1n) is 11.3. The van der Waals surface area contributed by atoms with Crippen LogP contribution in [0.5, 0.6) is 0 Å². The normalized spacial score (nSPS) is 19.1. The molecule has 7 nitrogen and oxygen atoms in total. The van der Waals surface area contributed by atoms with Crippen molar-refractivity contribution in [2.75, 3.05) is 6.61 Å². The number of fused-ring (bicyclic) bond motifs is 3. The SMILES string of the molecule is O=C(O)CCC(NC(=O)OCC1c2ccccc2-c2ccccc21)C(=O)NC1CCCC1(F)F. The van der Waals surface area contributed by atoms with E-state index in [1.165, 1.54) is 0 Å². The van der Waals surface area contributed by atoms with Gasteiger partial charge < -0.3 is 20.5 Å². The van der Waals surface area contributed by atoms with Gasteiger partial charge in [-0.25, -0.2) is 13.6 Å². The van der Waals surface area contributed by atoms with Gasteiger partial charge in [0, 0.05) is 18.8 Å². The Morgan fingerprint density at radius 2 is 1.68 bits per heavy atom. The van der Waals surface area contributed by atoms with Crippen LogP contribution in [0.25, 0.3) is 11.1 Å². The molecular weight excluding hydrogens is 446 g/mol. The Bertz CT molecular complexity index is 1040. The number of hydrogen-bond acceptors (Lipinski definition) is 4. The van der Waals surface area contributed by atoms with Crippen LogP contribution in [0.3, 0.4) is 0 Å².